The van der Waals surface area contributed by atoms with Crippen LogP contribution >= 0.6 is 0 Å². The standard InChI is InChI=1S/C11H15NO2.C2H6/c1-5-7-11(8-6-2)12(9(3)13)10(4)14;1-2/h5-8H,1H2,2-4H3;1-2H3/b8-6-,11-7+;. The van der Waals surface area contributed by atoms with Crippen molar-refractivity contribution in [2.24, 2.45) is 0 Å². The maximum Gasteiger partial charge on any atom is 0.230 e. The molecule has 0 radical (unpaired) electrons. The summed E-state index contributed by atoms with van der Waals surface area (Å²) in [7, 11) is 0. The Balaban J connectivity index is 0. The number of hydrogen-bond donors (Lipinski definition) is 0. The topological polar surface area (TPSA) is 37.4 Å². The summed E-state index contributed by atoms with van der Waals surface area (Å²) in [5.74, 6) is -0.604. The predicted octanol–water partition coefficient (Wildman–Crippen LogP) is 3.05. The lowest BCUT2D eigenvalue weighted by atomic mass is 10.3. The number of allylic oxidation sites excluding steroid dienone is 4. The van der Waals surface area contributed by atoms with Gasteiger partial charge in [-0.2, -0.15) is 0 Å². The van der Waals surface area contributed by atoms with Crippen LogP contribution in [0.5, 0.6) is 0 Å². The lowest BCUT2D eigenvalue weighted by Gasteiger charge is -2.17. The van der Waals surface area contributed by atoms with Crippen molar-refractivity contribution >= 4 is 11.8 Å². The van der Waals surface area contributed by atoms with Crippen LogP contribution in [-0.2, 0) is 9.59 Å². The SMILES string of the molecule is C=C/C=C(\C=C/C)N(C(C)=O)C(C)=O.CC. The second kappa shape index (κ2) is 9.90. The summed E-state index contributed by atoms with van der Waals surface area (Å²) in [6.45, 7) is 12.0. The van der Waals surface area contributed by atoms with Crippen LogP contribution in [0.2, 0.25) is 0 Å². The summed E-state index contributed by atoms with van der Waals surface area (Å²) >= 11 is 0. The Morgan fingerprint density at radius 2 is 1.56 bits per heavy atom. The molecule has 0 unspecified atom stereocenters. The number of amides is 2. The Hall–Kier alpha value is -1.64. The van der Waals surface area contributed by atoms with Crippen molar-refractivity contribution < 1.29 is 9.59 Å². The first-order chi connectivity index (χ1) is 7.54. The van der Waals surface area contributed by atoms with Gasteiger partial charge in [-0.3, -0.25) is 14.5 Å². The Kier molecular flexibility index (Phi) is 10.4. The van der Waals surface area contributed by atoms with Gasteiger partial charge in [0.25, 0.3) is 0 Å². The zero-order valence-electron chi connectivity index (χ0n) is 10.8. The van der Waals surface area contributed by atoms with E-state index in [9.17, 15) is 9.59 Å². The molecule has 0 aromatic heterocycles. The number of rotatable bonds is 3. The van der Waals surface area contributed by atoms with E-state index in [1.807, 2.05) is 20.8 Å². The van der Waals surface area contributed by atoms with E-state index in [1.165, 1.54) is 19.9 Å². The molecule has 0 aliphatic heterocycles. The molecule has 0 aliphatic rings. The van der Waals surface area contributed by atoms with Crippen molar-refractivity contribution in [3.8, 4) is 0 Å². The summed E-state index contributed by atoms with van der Waals surface area (Å²) in [4.78, 5) is 23.4. The van der Waals surface area contributed by atoms with Gasteiger partial charge in [-0.05, 0) is 19.1 Å². The van der Waals surface area contributed by atoms with Crippen LogP contribution in [0.15, 0.2) is 36.6 Å². The van der Waals surface area contributed by atoms with Crippen LogP contribution in [0, 0.1) is 0 Å². The zero-order chi connectivity index (χ0) is 13.1. The maximum atomic E-state index is 11.2. The highest BCUT2D eigenvalue weighted by molar-refractivity contribution is 5.95. The van der Waals surface area contributed by atoms with Crippen molar-refractivity contribution in [3.05, 3.63) is 36.6 Å². The maximum absolute atomic E-state index is 11.2. The van der Waals surface area contributed by atoms with E-state index in [4.69, 9.17) is 0 Å². The van der Waals surface area contributed by atoms with Crippen molar-refractivity contribution in [2.45, 2.75) is 34.6 Å². The largest absolute Gasteiger partial charge is 0.274 e. The predicted molar refractivity (Wildman–Crippen MR) is 67.6 cm³/mol. The number of nitrogens with zero attached hydrogens (tertiary/aromatic N) is 1. The molecule has 2 amide bonds. The molecule has 0 saturated heterocycles. The molecule has 0 N–H and O–H groups in total. The fraction of sp³-hybridized carbons (Fsp3) is 0.385. The summed E-state index contributed by atoms with van der Waals surface area (Å²) in [5, 5.41) is 0. The summed E-state index contributed by atoms with van der Waals surface area (Å²) in [6.07, 6.45) is 6.59. The van der Waals surface area contributed by atoms with Gasteiger partial charge < -0.3 is 0 Å². The van der Waals surface area contributed by atoms with Gasteiger partial charge in [-0.15, -0.1) is 0 Å². The molecule has 0 saturated carbocycles. The van der Waals surface area contributed by atoms with Crippen LogP contribution in [0.25, 0.3) is 0 Å². The molecule has 0 atom stereocenters. The van der Waals surface area contributed by atoms with Crippen LogP contribution < -0.4 is 0 Å². The molecule has 0 fully saturated rings. The van der Waals surface area contributed by atoms with Crippen molar-refractivity contribution in [1.82, 2.24) is 4.90 Å². The molecule has 0 heterocycles. The average Bonchev–Trinajstić information content (AvgIpc) is 2.20. The lowest BCUT2D eigenvalue weighted by molar-refractivity contribution is -0.139. The molecule has 3 nitrogen and oxygen atoms in total. The van der Waals surface area contributed by atoms with Crippen LogP contribution in [-0.4, -0.2) is 16.7 Å². The van der Waals surface area contributed by atoms with Gasteiger partial charge in [-0.1, -0.05) is 32.6 Å². The van der Waals surface area contributed by atoms with E-state index < -0.39 is 0 Å². The van der Waals surface area contributed by atoms with E-state index >= 15 is 0 Å². The fourth-order valence-electron chi connectivity index (χ4n) is 1.08. The Labute approximate surface area is 98.1 Å². The highest BCUT2D eigenvalue weighted by Gasteiger charge is 2.15. The fourth-order valence-corrected chi connectivity index (χ4v) is 1.08. The van der Waals surface area contributed by atoms with E-state index in [1.54, 1.807) is 18.2 Å². The molecule has 0 rings (SSSR count). The third kappa shape index (κ3) is 5.96. The quantitative estimate of drug-likeness (QED) is 0.689. The van der Waals surface area contributed by atoms with Crippen LogP contribution in [0.4, 0.5) is 0 Å². The van der Waals surface area contributed by atoms with Gasteiger partial charge in [-0.25, -0.2) is 0 Å². The van der Waals surface area contributed by atoms with E-state index in [0.717, 1.165) is 4.90 Å². The Morgan fingerprint density at radius 1 is 1.12 bits per heavy atom. The monoisotopic (exact) mass is 223 g/mol. The minimum atomic E-state index is -0.302. The first-order valence-electron chi connectivity index (χ1n) is 5.31. The minimum absolute atomic E-state index is 0.302. The molecule has 16 heavy (non-hydrogen) atoms. The third-order valence-electron chi connectivity index (χ3n) is 1.51. The van der Waals surface area contributed by atoms with Gasteiger partial charge in [0.05, 0.1) is 5.70 Å². The molecule has 0 aromatic rings. The van der Waals surface area contributed by atoms with Crippen LogP contribution in [0.1, 0.15) is 34.6 Å². The number of hydrogen-bond acceptors (Lipinski definition) is 2. The number of imide groups is 1. The molecular formula is C13H21NO2. The van der Waals surface area contributed by atoms with Gasteiger partial charge in [0.1, 0.15) is 0 Å². The first-order valence-corrected chi connectivity index (χ1v) is 5.31. The third-order valence-corrected chi connectivity index (χ3v) is 1.51. The summed E-state index contributed by atoms with van der Waals surface area (Å²) in [5.41, 5.74) is 0.530. The molecular weight excluding hydrogens is 202 g/mol. The van der Waals surface area contributed by atoms with Gasteiger partial charge >= 0.3 is 0 Å². The Morgan fingerprint density at radius 3 is 1.81 bits per heavy atom. The molecule has 3 heteroatoms. The molecule has 0 aromatic carbocycles. The molecule has 90 valence electrons. The summed E-state index contributed by atoms with van der Waals surface area (Å²) in [6, 6.07) is 0. The van der Waals surface area contributed by atoms with Gasteiger partial charge in [0, 0.05) is 13.8 Å². The second-order valence-electron chi connectivity index (χ2n) is 2.70. The minimum Gasteiger partial charge on any atom is -0.274 e. The second-order valence-corrected chi connectivity index (χ2v) is 2.70. The molecule has 0 aliphatic carbocycles. The van der Waals surface area contributed by atoms with E-state index in [-0.39, 0.29) is 11.8 Å². The summed E-state index contributed by atoms with van der Waals surface area (Å²) < 4.78 is 0. The van der Waals surface area contributed by atoms with Crippen molar-refractivity contribution in [2.75, 3.05) is 0 Å². The highest BCUT2D eigenvalue weighted by Crippen LogP contribution is 2.07. The molecule has 0 bridgehead atoms. The lowest BCUT2D eigenvalue weighted by Crippen LogP contribution is -2.31. The average molecular weight is 223 g/mol. The van der Waals surface area contributed by atoms with Crippen molar-refractivity contribution in [3.63, 3.8) is 0 Å². The van der Waals surface area contributed by atoms with Crippen molar-refractivity contribution in [1.29, 1.82) is 0 Å². The van der Waals surface area contributed by atoms with E-state index in [2.05, 4.69) is 6.58 Å². The highest BCUT2D eigenvalue weighted by atomic mass is 16.2. The van der Waals surface area contributed by atoms with Gasteiger partial charge in [0.15, 0.2) is 0 Å². The Bertz CT molecular complexity index is 287. The van der Waals surface area contributed by atoms with Crippen LogP contribution in [0.3, 0.4) is 0 Å². The normalized spacial score (nSPS) is 10.4. The first kappa shape index (κ1) is 16.8. The zero-order valence-corrected chi connectivity index (χ0v) is 10.8. The molecule has 0 spiro atoms. The number of carbonyl (C=O) groups is 2. The van der Waals surface area contributed by atoms with Gasteiger partial charge in [0.2, 0.25) is 11.8 Å². The number of carbonyl (C=O) groups excluding carboxylic acids is 2. The smallest absolute Gasteiger partial charge is 0.230 e. The van der Waals surface area contributed by atoms with E-state index in [0.29, 0.717) is 5.70 Å².